The highest BCUT2D eigenvalue weighted by Crippen LogP contribution is 2.22. The molecular weight excluding hydrogens is 334 g/mol. The van der Waals surface area contributed by atoms with Crippen LogP contribution in [0, 0.1) is 0 Å². The summed E-state index contributed by atoms with van der Waals surface area (Å²) in [6.07, 6.45) is 1.69. The van der Waals surface area contributed by atoms with Gasteiger partial charge in [-0.15, -0.1) is 0 Å². The Kier molecular flexibility index (Phi) is 4.04. The van der Waals surface area contributed by atoms with E-state index >= 15 is 0 Å². The van der Waals surface area contributed by atoms with Crippen molar-refractivity contribution in [1.29, 1.82) is 0 Å². The molecule has 5 heteroatoms. The summed E-state index contributed by atoms with van der Waals surface area (Å²) in [7, 11) is 0. The highest BCUT2D eigenvalue weighted by atomic mass is 35.5. The van der Waals surface area contributed by atoms with Gasteiger partial charge in [0.1, 0.15) is 11.5 Å². The Morgan fingerprint density at radius 2 is 1.68 bits per heavy atom. The van der Waals surface area contributed by atoms with Gasteiger partial charge in [-0.2, -0.15) is 4.98 Å². The zero-order valence-electron chi connectivity index (χ0n) is 13.3. The van der Waals surface area contributed by atoms with E-state index in [0.717, 1.165) is 11.1 Å². The van der Waals surface area contributed by atoms with E-state index in [0.29, 0.717) is 28.4 Å². The van der Waals surface area contributed by atoms with Crippen molar-refractivity contribution in [3.05, 3.63) is 93.9 Å². The van der Waals surface area contributed by atoms with Crippen molar-refractivity contribution < 1.29 is 0 Å². The number of fused-ring (bicyclic) bond motifs is 1. The van der Waals surface area contributed by atoms with Crippen molar-refractivity contribution in [3.8, 4) is 11.4 Å². The fourth-order valence-corrected chi connectivity index (χ4v) is 2.96. The molecule has 0 aliphatic rings. The molecule has 0 radical (unpaired) electrons. The second-order valence-electron chi connectivity index (χ2n) is 5.69. The molecule has 0 N–H and O–H groups in total. The summed E-state index contributed by atoms with van der Waals surface area (Å²) < 4.78 is 1.97. The average molecular weight is 348 g/mol. The van der Waals surface area contributed by atoms with Crippen LogP contribution in [0.3, 0.4) is 0 Å². The van der Waals surface area contributed by atoms with Crippen LogP contribution in [0.4, 0.5) is 0 Å². The van der Waals surface area contributed by atoms with E-state index in [1.807, 2.05) is 47.0 Å². The summed E-state index contributed by atoms with van der Waals surface area (Å²) in [5, 5.41) is 1.15. The van der Waals surface area contributed by atoms with Crippen molar-refractivity contribution in [1.82, 2.24) is 14.5 Å². The Balaban J connectivity index is 1.99. The molecule has 2 heterocycles. The van der Waals surface area contributed by atoms with Crippen molar-refractivity contribution in [2.24, 2.45) is 0 Å². The number of benzene rings is 2. The standard InChI is InChI=1S/C20H14ClN3O/c21-16-10-8-15(9-11-16)18-23-20(25)17-7-4-12-22-19(17)24(18)13-14-5-2-1-3-6-14/h1-12H,13H2. The van der Waals surface area contributed by atoms with E-state index in [2.05, 4.69) is 9.97 Å². The van der Waals surface area contributed by atoms with Crippen LogP contribution in [0.5, 0.6) is 0 Å². The third kappa shape index (κ3) is 3.04. The molecule has 4 aromatic rings. The van der Waals surface area contributed by atoms with Crippen LogP contribution in [0.15, 0.2) is 77.7 Å². The van der Waals surface area contributed by atoms with Crippen LogP contribution in [0.2, 0.25) is 5.02 Å². The predicted octanol–water partition coefficient (Wildman–Crippen LogP) is 4.16. The smallest absolute Gasteiger partial charge is 0.282 e. The maximum Gasteiger partial charge on any atom is 0.282 e. The number of pyridine rings is 1. The fraction of sp³-hybridized carbons (Fsp3) is 0.0500. The minimum atomic E-state index is -0.280. The van der Waals surface area contributed by atoms with Crippen molar-refractivity contribution in [2.75, 3.05) is 0 Å². The van der Waals surface area contributed by atoms with Crippen molar-refractivity contribution in [2.45, 2.75) is 6.54 Å². The van der Waals surface area contributed by atoms with Crippen LogP contribution in [-0.4, -0.2) is 14.5 Å². The van der Waals surface area contributed by atoms with Gasteiger partial charge in [-0.3, -0.25) is 4.79 Å². The molecule has 0 saturated carbocycles. The molecule has 25 heavy (non-hydrogen) atoms. The zero-order valence-corrected chi connectivity index (χ0v) is 14.0. The van der Waals surface area contributed by atoms with E-state index in [1.165, 1.54) is 0 Å². The molecule has 0 atom stereocenters. The zero-order chi connectivity index (χ0) is 17.2. The third-order valence-corrected chi connectivity index (χ3v) is 4.27. The molecule has 0 bridgehead atoms. The molecule has 2 aromatic carbocycles. The highest BCUT2D eigenvalue weighted by Gasteiger charge is 2.13. The lowest BCUT2D eigenvalue weighted by atomic mass is 10.1. The summed E-state index contributed by atoms with van der Waals surface area (Å²) >= 11 is 5.99. The SMILES string of the molecule is O=c1nc(-c2ccc(Cl)cc2)n(Cc2ccccc2)c2ncccc12. The van der Waals surface area contributed by atoms with Gasteiger partial charge in [0.15, 0.2) is 0 Å². The van der Waals surface area contributed by atoms with E-state index < -0.39 is 0 Å². The Morgan fingerprint density at radius 1 is 0.920 bits per heavy atom. The first-order chi connectivity index (χ1) is 12.2. The number of rotatable bonds is 3. The molecule has 0 aliphatic carbocycles. The van der Waals surface area contributed by atoms with Gasteiger partial charge in [-0.05, 0) is 42.0 Å². The van der Waals surface area contributed by atoms with Crippen LogP contribution in [-0.2, 0) is 6.54 Å². The maximum atomic E-state index is 12.5. The predicted molar refractivity (Wildman–Crippen MR) is 99.8 cm³/mol. The van der Waals surface area contributed by atoms with Gasteiger partial charge in [-0.1, -0.05) is 41.9 Å². The number of hydrogen-bond acceptors (Lipinski definition) is 3. The molecule has 0 saturated heterocycles. The molecule has 4 rings (SSSR count). The average Bonchev–Trinajstić information content (AvgIpc) is 2.66. The maximum absolute atomic E-state index is 12.5. The fourth-order valence-electron chi connectivity index (χ4n) is 2.83. The Labute approximate surface area is 149 Å². The highest BCUT2D eigenvalue weighted by molar-refractivity contribution is 6.30. The van der Waals surface area contributed by atoms with Crippen molar-refractivity contribution in [3.63, 3.8) is 0 Å². The Hall–Kier alpha value is -2.98. The first kappa shape index (κ1) is 15.5. The molecule has 0 fully saturated rings. The number of halogens is 1. The lowest BCUT2D eigenvalue weighted by Gasteiger charge is -2.15. The molecular formula is C20H14ClN3O. The second-order valence-corrected chi connectivity index (χ2v) is 6.13. The summed E-state index contributed by atoms with van der Waals surface area (Å²) in [5.41, 5.74) is 2.27. The van der Waals surface area contributed by atoms with E-state index in [-0.39, 0.29) is 5.56 Å². The van der Waals surface area contributed by atoms with Crippen molar-refractivity contribution >= 4 is 22.6 Å². The van der Waals surface area contributed by atoms with Gasteiger partial charge in [0.05, 0.1) is 11.9 Å². The summed E-state index contributed by atoms with van der Waals surface area (Å²) in [5.74, 6) is 0.580. The number of hydrogen-bond donors (Lipinski definition) is 0. The summed E-state index contributed by atoms with van der Waals surface area (Å²) in [6.45, 7) is 0.569. The molecule has 0 unspecified atom stereocenters. The van der Waals surface area contributed by atoms with Gasteiger partial charge in [0, 0.05) is 16.8 Å². The normalized spacial score (nSPS) is 10.9. The van der Waals surface area contributed by atoms with Gasteiger partial charge < -0.3 is 4.57 Å². The van der Waals surface area contributed by atoms with Gasteiger partial charge >= 0.3 is 0 Å². The molecule has 0 aliphatic heterocycles. The van der Waals surface area contributed by atoms with Gasteiger partial charge in [0.25, 0.3) is 5.56 Å². The minimum Gasteiger partial charge on any atom is -0.305 e. The van der Waals surface area contributed by atoms with E-state index in [4.69, 9.17) is 11.6 Å². The van der Waals surface area contributed by atoms with Crippen LogP contribution >= 0.6 is 11.6 Å². The lowest BCUT2D eigenvalue weighted by molar-refractivity contribution is 0.798. The van der Waals surface area contributed by atoms with E-state index in [9.17, 15) is 4.79 Å². The molecule has 122 valence electrons. The topological polar surface area (TPSA) is 47.8 Å². The first-order valence-corrected chi connectivity index (χ1v) is 8.25. The molecule has 4 nitrogen and oxygen atoms in total. The van der Waals surface area contributed by atoms with Crippen LogP contribution in [0.1, 0.15) is 5.56 Å². The van der Waals surface area contributed by atoms with E-state index in [1.54, 1.807) is 30.5 Å². The Bertz CT molecular complexity index is 1090. The Morgan fingerprint density at radius 3 is 2.44 bits per heavy atom. The first-order valence-electron chi connectivity index (χ1n) is 7.88. The molecule has 0 amide bonds. The minimum absolute atomic E-state index is 0.280. The number of aromatic nitrogens is 3. The monoisotopic (exact) mass is 347 g/mol. The largest absolute Gasteiger partial charge is 0.305 e. The van der Waals surface area contributed by atoms with Gasteiger partial charge in [-0.25, -0.2) is 4.98 Å². The van der Waals surface area contributed by atoms with Gasteiger partial charge in [0.2, 0.25) is 0 Å². The van der Waals surface area contributed by atoms with Crippen LogP contribution in [0.25, 0.3) is 22.4 Å². The summed E-state index contributed by atoms with van der Waals surface area (Å²) in [4.78, 5) is 21.2. The molecule has 2 aromatic heterocycles. The molecule has 0 spiro atoms. The van der Waals surface area contributed by atoms with Crippen LogP contribution < -0.4 is 5.56 Å². The lowest BCUT2D eigenvalue weighted by Crippen LogP contribution is -2.18. The summed E-state index contributed by atoms with van der Waals surface area (Å²) in [6, 6.07) is 20.8. The number of nitrogens with zero attached hydrogens (tertiary/aromatic N) is 3. The third-order valence-electron chi connectivity index (χ3n) is 4.02. The quantitative estimate of drug-likeness (QED) is 0.559. The second kappa shape index (κ2) is 6.49.